The van der Waals surface area contributed by atoms with Gasteiger partial charge in [0.25, 0.3) is 0 Å². The van der Waals surface area contributed by atoms with E-state index in [0.717, 1.165) is 24.2 Å². The molecule has 1 rings (SSSR count). The molecule has 1 aliphatic heterocycles. The van der Waals surface area contributed by atoms with E-state index in [1.807, 2.05) is 26.0 Å². The number of carboxylic acids is 1. The van der Waals surface area contributed by atoms with Gasteiger partial charge in [-0.1, -0.05) is 13.0 Å². The first-order valence-corrected chi connectivity index (χ1v) is 4.94. The molecule has 14 heavy (non-hydrogen) atoms. The molecule has 78 valence electrons. The fourth-order valence-corrected chi connectivity index (χ4v) is 1.52. The monoisotopic (exact) mass is 196 g/mol. The van der Waals surface area contributed by atoms with E-state index in [4.69, 9.17) is 9.84 Å². The quantitative estimate of drug-likeness (QED) is 0.738. The number of carboxylic acid groups (broad SMARTS) is 1. The molecule has 1 heterocycles. The van der Waals surface area contributed by atoms with Gasteiger partial charge in [-0.25, -0.2) is 4.79 Å². The normalized spacial score (nSPS) is 27.7. The first kappa shape index (κ1) is 10.8. The minimum absolute atomic E-state index is 0.566. The molecule has 1 N–H and O–H groups in total. The first-order valence-electron chi connectivity index (χ1n) is 4.94. The Morgan fingerprint density at radius 1 is 1.71 bits per heavy atom. The number of carbonyl (C=O) groups is 1. The molecule has 0 amide bonds. The summed E-state index contributed by atoms with van der Waals surface area (Å²) in [4.78, 5) is 10.7. The number of hydrogen-bond donors (Lipinski definition) is 1. The van der Waals surface area contributed by atoms with Crippen molar-refractivity contribution in [2.75, 3.05) is 0 Å². The van der Waals surface area contributed by atoms with Gasteiger partial charge in [0.1, 0.15) is 5.76 Å². The van der Waals surface area contributed by atoms with Crippen molar-refractivity contribution in [3.63, 3.8) is 0 Å². The molecule has 1 atom stereocenters. The molecule has 1 fully saturated rings. The lowest BCUT2D eigenvalue weighted by atomic mass is 10.0. The third-order valence-corrected chi connectivity index (χ3v) is 2.27. The number of allylic oxidation sites excluding steroid dienone is 3. The Labute approximate surface area is 84.1 Å². The van der Waals surface area contributed by atoms with Crippen molar-refractivity contribution in [3.05, 3.63) is 23.5 Å². The smallest absolute Gasteiger partial charge is 0.344 e. The summed E-state index contributed by atoms with van der Waals surface area (Å²) in [6.45, 7) is 3.96. The molecule has 0 spiro atoms. The third-order valence-electron chi connectivity index (χ3n) is 2.27. The number of ether oxygens (including phenoxy) is 1. The van der Waals surface area contributed by atoms with Crippen LogP contribution in [-0.2, 0) is 9.53 Å². The average Bonchev–Trinajstić information content (AvgIpc) is 2.18. The van der Waals surface area contributed by atoms with Gasteiger partial charge in [-0.15, -0.1) is 0 Å². The highest BCUT2D eigenvalue weighted by atomic mass is 16.5. The van der Waals surface area contributed by atoms with Gasteiger partial charge in [0, 0.05) is 0 Å². The van der Waals surface area contributed by atoms with Crippen molar-refractivity contribution in [2.24, 2.45) is 0 Å². The van der Waals surface area contributed by atoms with Gasteiger partial charge in [-0.05, 0) is 37.8 Å². The van der Waals surface area contributed by atoms with Crippen LogP contribution in [-0.4, -0.2) is 17.2 Å². The van der Waals surface area contributed by atoms with E-state index in [9.17, 15) is 4.79 Å². The molecule has 0 aliphatic carbocycles. The molecule has 0 radical (unpaired) electrons. The highest BCUT2D eigenvalue weighted by Crippen LogP contribution is 2.27. The zero-order chi connectivity index (χ0) is 10.6. The summed E-state index contributed by atoms with van der Waals surface area (Å²) < 4.78 is 5.39. The predicted octanol–water partition coefficient (Wildman–Crippen LogP) is 2.49. The summed E-state index contributed by atoms with van der Waals surface area (Å²) in [5, 5.41) is 8.81. The van der Waals surface area contributed by atoms with Crippen molar-refractivity contribution in [1.29, 1.82) is 0 Å². The predicted molar refractivity (Wildman–Crippen MR) is 53.9 cm³/mol. The van der Waals surface area contributed by atoms with E-state index in [0.29, 0.717) is 6.42 Å². The average molecular weight is 196 g/mol. The largest absolute Gasteiger partial charge is 0.479 e. The van der Waals surface area contributed by atoms with Crippen LogP contribution in [0.25, 0.3) is 0 Å². The van der Waals surface area contributed by atoms with Gasteiger partial charge in [0.15, 0.2) is 6.10 Å². The van der Waals surface area contributed by atoms with Crippen LogP contribution in [0.3, 0.4) is 0 Å². The van der Waals surface area contributed by atoms with Gasteiger partial charge < -0.3 is 9.84 Å². The van der Waals surface area contributed by atoms with E-state index < -0.39 is 12.1 Å². The Bertz CT molecular complexity index is 276. The maximum Gasteiger partial charge on any atom is 0.344 e. The van der Waals surface area contributed by atoms with Crippen LogP contribution in [0.4, 0.5) is 0 Å². The highest BCUT2D eigenvalue weighted by molar-refractivity contribution is 5.73. The second-order valence-corrected chi connectivity index (χ2v) is 3.27. The lowest BCUT2D eigenvalue weighted by molar-refractivity contribution is -0.148. The second-order valence-electron chi connectivity index (χ2n) is 3.27. The minimum Gasteiger partial charge on any atom is -0.479 e. The number of rotatable bonds is 2. The Morgan fingerprint density at radius 2 is 2.43 bits per heavy atom. The van der Waals surface area contributed by atoms with E-state index in [2.05, 4.69) is 0 Å². The highest BCUT2D eigenvalue weighted by Gasteiger charge is 2.26. The molecule has 1 unspecified atom stereocenters. The molecule has 1 saturated heterocycles. The van der Waals surface area contributed by atoms with E-state index in [1.54, 1.807) is 0 Å². The van der Waals surface area contributed by atoms with Gasteiger partial charge in [0.2, 0.25) is 0 Å². The Kier molecular flexibility index (Phi) is 3.74. The van der Waals surface area contributed by atoms with Crippen LogP contribution >= 0.6 is 0 Å². The van der Waals surface area contributed by atoms with Gasteiger partial charge in [-0.3, -0.25) is 0 Å². The summed E-state index contributed by atoms with van der Waals surface area (Å²) in [5.74, 6) is -0.129. The Hall–Kier alpha value is -1.25. The van der Waals surface area contributed by atoms with E-state index in [1.165, 1.54) is 0 Å². The summed E-state index contributed by atoms with van der Waals surface area (Å²) in [5.41, 5.74) is 1.12. The maximum absolute atomic E-state index is 10.7. The second kappa shape index (κ2) is 4.84. The molecule has 0 aromatic carbocycles. The van der Waals surface area contributed by atoms with Crippen molar-refractivity contribution in [3.8, 4) is 0 Å². The van der Waals surface area contributed by atoms with Crippen LogP contribution in [0.1, 0.15) is 33.1 Å². The molecule has 3 heteroatoms. The lowest BCUT2D eigenvalue weighted by Crippen LogP contribution is -2.27. The Balaban J connectivity index is 2.77. The van der Waals surface area contributed by atoms with Crippen molar-refractivity contribution in [2.45, 2.75) is 39.2 Å². The molecule has 0 aromatic rings. The minimum atomic E-state index is -0.873. The van der Waals surface area contributed by atoms with Crippen LogP contribution in [0.15, 0.2) is 23.5 Å². The fraction of sp³-hybridized carbons (Fsp3) is 0.545. The standard InChI is InChI=1S/C11H16O3/c1-3-5-9-8(4-2)6-7-10(14-9)11(12)13/h4-5,10H,3,6-7H2,1-2H3,(H,12,13)/b8-4-,9-5+. The van der Waals surface area contributed by atoms with Gasteiger partial charge in [0.05, 0.1) is 0 Å². The van der Waals surface area contributed by atoms with Crippen LogP contribution < -0.4 is 0 Å². The molecule has 0 saturated carbocycles. The summed E-state index contributed by atoms with van der Waals surface area (Å²) in [6, 6.07) is 0. The van der Waals surface area contributed by atoms with Crippen molar-refractivity contribution >= 4 is 5.97 Å². The lowest BCUT2D eigenvalue weighted by Gasteiger charge is -2.25. The van der Waals surface area contributed by atoms with Crippen LogP contribution in [0.5, 0.6) is 0 Å². The Morgan fingerprint density at radius 3 is 2.93 bits per heavy atom. The van der Waals surface area contributed by atoms with Gasteiger partial charge in [-0.2, -0.15) is 0 Å². The molecule has 0 aromatic heterocycles. The SMILES string of the molecule is C/C=C1/CCC(C(=O)O)O/C1=C/CC. The van der Waals surface area contributed by atoms with E-state index >= 15 is 0 Å². The summed E-state index contributed by atoms with van der Waals surface area (Å²) in [6.07, 6.45) is 5.47. The number of hydrogen-bond acceptors (Lipinski definition) is 2. The van der Waals surface area contributed by atoms with Gasteiger partial charge >= 0.3 is 5.97 Å². The topological polar surface area (TPSA) is 46.5 Å². The van der Waals surface area contributed by atoms with Crippen molar-refractivity contribution in [1.82, 2.24) is 0 Å². The van der Waals surface area contributed by atoms with Crippen LogP contribution in [0, 0.1) is 0 Å². The zero-order valence-corrected chi connectivity index (χ0v) is 8.62. The first-order chi connectivity index (χ1) is 6.69. The molecular weight excluding hydrogens is 180 g/mol. The molecular formula is C11H16O3. The summed E-state index contributed by atoms with van der Waals surface area (Å²) >= 11 is 0. The van der Waals surface area contributed by atoms with Crippen LogP contribution in [0.2, 0.25) is 0 Å². The number of aliphatic carboxylic acids is 1. The molecule has 1 aliphatic rings. The maximum atomic E-state index is 10.7. The van der Waals surface area contributed by atoms with Crippen molar-refractivity contribution < 1.29 is 14.6 Å². The zero-order valence-electron chi connectivity index (χ0n) is 8.62. The molecule has 0 bridgehead atoms. The molecule has 3 nitrogen and oxygen atoms in total. The fourth-order valence-electron chi connectivity index (χ4n) is 1.52. The third kappa shape index (κ3) is 2.37. The van der Waals surface area contributed by atoms with E-state index in [-0.39, 0.29) is 0 Å². The summed E-state index contributed by atoms with van der Waals surface area (Å²) in [7, 11) is 0.